The van der Waals surface area contributed by atoms with Gasteiger partial charge in [0.2, 0.25) is 0 Å². The summed E-state index contributed by atoms with van der Waals surface area (Å²) in [6.07, 6.45) is 0. The van der Waals surface area contributed by atoms with Crippen LogP contribution < -0.4 is 10.1 Å². The predicted octanol–water partition coefficient (Wildman–Crippen LogP) is 3.48. The largest absolute Gasteiger partial charge is 0.497 e. The first-order valence-corrected chi connectivity index (χ1v) is 11.7. The van der Waals surface area contributed by atoms with Crippen LogP contribution in [0.5, 0.6) is 5.75 Å². The molecule has 0 spiro atoms. The van der Waals surface area contributed by atoms with Crippen molar-refractivity contribution in [3.05, 3.63) is 65.2 Å². The van der Waals surface area contributed by atoms with Gasteiger partial charge >= 0.3 is 6.03 Å². The van der Waals surface area contributed by atoms with Gasteiger partial charge in [0, 0.05) is 39.3 Å². The first-order valence-electron chi connectivity index (χ1n) is 11.7. The average molecular weight is 450 g/mol. The second kappa shape index (κ2) is 12.2. The summed E-state index contributed by atoms with van der Waals surface area (Å²) in [6.45, 7) is 10.6. The first-order chi connectivity index (χ1) is 16.1. The van der Waals surface area contributed by atoms with Gasteiger partial charge in [-0.15, -0.1) is 0 Å². The Balaban J connectivity index is 1.53. The normalized spacial score (nSPS) is 15.2. The highest BCUT2D eigenvalue weighted by Gasteiger charge is 2.24. The van der Waals surface area contributed by atoms with E-state index in [2.05, 4.69) is 47.2 Å². The number of benzene rings is 2. The number of ether oxygens (including phenoxy) is 1. The molecule has 0 aromatic heterocycles. The Bertz CT molecular complexity index is 928. The molecule has 0 aliphatic carbocycles. The lowest BCUT2D eigenvalue weighted by Gasteiger charge is -2.36. The molecule has 1 atom stereocenters. The van der Waals surface area contributed by atoms with Gasteiger partial charge in [-0.25, -0.2) is 4.79 Å². The molecule has 0 unspecified atom stereocenters. The summed E-state index contributed by atoms with van der Waals surface area (Å²) in [4.78, 5) is 19.5. The zero-order chi connectivity index (χ0) is 23.6. The van der Waals surface area contributed by atoms with E-state index in [9.17, 15) is 4.79 Å². The molecule has 0 bridgehead atoms. The minimum atomic E-state index is -0.00641. The molecule has 1 heterocycles. The predicted molar refractivity (Wildman–Crippen MR) is 130 cm³/mol. The lowest BCUT2D eigenvalue weighted by atomic mass is 10.0. The van der Waals surface area contributed by atoms with Gasteiger partial charge in [-0.05, 0) is 48.5 Å². The van der Waals surface area contributed by atoms with Crippen LogP contribution in [0.4, 0.5) is 4.79 Å². The summed E-state index contributed by atoms with van der Waals surface area (Å²) in [5.74, 6) is 0.828. The standard InChI is InChI=1S/C26H35N5O2/c1-4-30(5-2)25(23-7-6-8-24(17-23)33-3)19-28-26(32)31-15-13-29(14-16-31)20-22-11-9-21(18-27)10-12-22/h6-12,17,25H,4-5,13-16,19-20H2,1-3H3,(H,28,32)/t25-/m1/s1. The van der Waals surface area contributed by atoms with E-state index in [1.807, 2.05) is 41.3 Å². The second-order valence-corrected chi connectivity index (χ2v) is 8.27. The van der Waals surface area contributed by atoms with Crippen LogP contribution in [-0.2, 0) is 6.54 Å². The van der Waals surface area contributed by atoms with Crippen LogP contribution in [0.25, 0.3) is 0 Å². The van der Waals surface area contributed by atoms with Crippen LogP contribution >= 0.6 is 0 Å². The van der Waals surface area contributed by atoms with E-state index in [0.29, 0.717) is 25.2 Å². The number of hydrogen-bond donors (Lipinski definition) is 1. The number of rotatable bonds is 9. The van der Waals surface area contributed by atoms with Crippen molar-refractivity contribution in [1.29, 1.82) is 5.26 Å². The fourth-order valence-corrected chi connectivity index (χ4v) is 4.32. The molecule has 1 fully saturated rings. The Kier molecular flexibility index (Phi) is 9.11. The van der Waals surface area contributed by atoms with Crippen LogP contribution in [0.2, 0.25) is 0 Å². The number of hydrogen-bond acceptors (Lipinski definition) is 5. The Hall–Kier alpha value is -3.08. The van der Waals surface area contributed by atoms with Crippen LogP contribution in [0, 0.1) is 11.3 Å². The number of amides is 2. The molecule has 2 aromatic rings. The molecular weight excluding hydrogens is 414 g/mol. The van der Waals surface area contributed by atoms with E-state index in [-0.39, 0.29) is 12.1 Å². The van der Waals surface area contributed by atoms with Gasteiger partial charge in [0.05, 0.1) is 24.8 Å². The van der Waals surface area contributed by atoms with Crippen LogP contribution in [0.3, 0.4) is 0 Å². The number of nitrogens with one attached hydrogen (secondary N) is 1. The summed E-state index contributed by atoms with van der Waals surface area (Å²) in [5.41, 5.74) is 3.01. The number of nitrogens with zero attached hydrogens (tertiary/aromatic N) is 4. The lowest BCUT2D eigenvalue weighted by molar-refractivity contribution is 0.132. The first kappa shape index (κ1) is 24.6. The highest BCUT2D eigenvalue weighted by molar-refractivity contribution is 5.74. The number of carbonyl (C=O) groups is 1. The van der Waals surface area contributed by atoms with Gasteiger partial charge in [0.15, 0.2) is 0 Å². The van der Waals surface area contributed by atoms with Crippen molar-refractivity contribution in [1.82, 2.24) is 20.0 Å². The van der Waals surface area contributed by atoms with E-state index in [0.717, 1.165) is 44.0 Å². The van der Waals surface area contributed by atoms with Crippen molar-refractivity contribution in [3.63, 3.8) is 0 Å². The van der Waals surface area contributed by atoms with Crippen molar-refractivity contribution in [2.75, 3.05) is 52.9 Å². The smallest absolute Gasteiger partial charge is 0.317 e. The van der Waals surface area contributed by atoms with Crippen LogP contribution in [0.1, 0.15) is 36.6 Å². The number of methoxy groups -OCH3 is 1. The molecule has 3 rings (SSSR count). The summed E-state index contributed by atoms with van der Waals surface area (Å²) in [6, 6.07) is 18.0. The third-order valence-corrected chi connectivity index (χ3v) is 6.33. The summed E-state index contributed by atoms with van der Waals surface area (Å²) >= 11 is 0. The van der Waals surface area contributed by atoms with Crippen molar-refractivity contribution < 1.29 is 9.53 Å². The van der Waals surface area contributed by atoms with Gasteiger partial charge < -0.3 is 15.0 Å². The minimum Gasteiger partial charge on any atom is -0.497 e. The molecule has 33 heavy (non-hydrogen) atoms. The SMILES string of the molecule is CCN(CC)[C@H](CNC(=O)N1CCN(Cc2ccc(C#N)cc2)CC1)c1cccc(OC)c1. The molecular formula is C26H35N5O2. The third-order valence-electron chi connectivity index (χ3n) is 6.33. The fourth-order valence-electron chi connectivity index (χ4n) is 4.32. The molecule has 7 nitrogen and oxygen atoms in total. The zero-order valence-corrected chi connectivity index (χ0v) is 20.0. The van der Waals surface area contributed by atoms with Gasteiger partial charge in [0.1, 0.15) is 5.75 Å². The van der Waals surface area contributed by atoms with E-state index >= 15 is 0 Å². The number of urea groups is 1. The monoisotopic (exact) mass is 449 g/mol. The number of piperazine rings is 1. The van der Waals surface area contributed by atoms with Crippen molar-refractivity contribution in [2.45, 2.75) is 26.4 Å². The molecule has 0 saturated carbocycles. The summed E-state index contributed by atoms with van der Waals surface area (Å²) in [5, 5.41) is 12.1. The number of nitriles is 1. The van der Waals surface area contributed by atoms with Gasteiger partial charge in [-0.1, -0.05) is 38.1 Å². The number of likely N-dealkylation sites (N-methyl/N-ethyl adjacent to an activating group) is 1. The van der Waals surface area contributed by atoms with E-state index in [4.69, 9.17) is 10.00 Å². The molecule has 0 radical (unpaired) electrons. The Labute approximate surface area is 197 Å². The van der Waals surface area contributed by atoms with Crippen LogP contribution in [-0.4, -0.2) is 73.7 Å². The molecule has 1 aliphatic heterocycles. The minimum absolute atomic E-state index is 0.00641. The molecule has 1 saturated heterocycles. The molecule has 1 aliphatic rings. The quantitative estimate of drug-likeness (QED) is 0.635. The number of carbonyl (C=O) groups excluding carboxylic acids is 1. The maximum Gasteiger partial charge on any atom is 0.317 e. The Morgan fingerprint density at radius 2 is 1.82 bits per heavy atom. The Morgan fingerprint density at radius 1 is 1.12 bits per heavy atom. The maximum absolute atomic E-state index is 12.9. The van der Waals surface area contributed by atoms with Crippen molar-refractivity contribution in [3.8, 4) is 11.8 Å². The van der Waals surface area contributed by atoms with E-state index < -0.39 is 0 Å². The highest BCUT2D eigenvalue weighted by atomic mass is 16.5. The van der Waals surface area contributed by atoms with Crippen molar-refractivity contribution in [2.24, 2.45) is 0 Å². The summed E-state index contributed by atoms with van der Waals surface area (Å²) in [7, 11) is 1.67. The Morgan fingerprint density at radius 3 is 2.42 bits per heavy atom. The van der Waals surface area contributed by atoms with E-state index in [1.165, 1.54) is 5.56 Å². The van der Waals surface area contributed by atoms with Crippen molar-refractivity contribution >= 4 is 6.03 Å². The highest BCUT2D eigenvalue weighted by Crippen LogP contribution is 2.24. The average Bonchev–Trinajstić information content (AvgIpc) is 2.87. The van der Waals surface area contributed by atoms with Gasteiger partial charge in [-0.3, -0.25) is 9.80 Å². The molecule has 2 amide bonds. The topological polar surface area (TPSA) is 71.8 Å². The fraction of sp³-hybridized carbons (Fsp3) is 0.462. The van der Waals surface area contributed by atoms with Gasteiger partial charge in [0.25, 0.3) is 0 Å². The van der Waals surface area contributed by atoms with Crippen LogP contribution in [0.15, 0.2) is 48.5 Å². The summed E-state index contributed by atoms with van der Waals surface area (Å²) < 4.78 is 5.40. The molecule has 1 N–H and O–H groups in total. The lowest BCUT2D eigenvalue weighted by Crippen LogP contribution is -2.52. The van der Waals surface area contributed by atoms with Gasteiger partial charge in [-0.2, -0.15) is 5.26 Å². The maximum atomic E-state index is 12.9. The molecule has 2 aromatic carbocycles. The molecule has 7 heteroatoms. The zero-order valence-electron chi connectivity index (χ0n) is 20.0. The third kappa shape index (κ3) is 6.70. The molecule has 176 valence electrons. The second-order valence-electron chi connectivity index (χ2n) is 8.27. The van der Waals surface area contributed by atoms with E-state index in [1.54, 1.807) is 7.11 Å².